The maximum atomic E-state index is 13.9. The molecule has 1 aromatic heterocycles. The minimum absolute atomic E-state index is 0.0640. The smallest absolute Gasteiger partial charge is 0.271 e. The monoisotopic (exact) mass is 494 g/mol. The SMILES string of the molecule is COc1ccc(C2C3=C(CC(C)(C)CC3=O)N=c3sc(=Cc4cccc5ccccc45)c(=O)n32)cc1. The topological polar surface area (TPSA) is 60.7 Å². The fourth-order valence-corrected chi connectivity index (χ4v) is 6.38. The molecule has 6 rings (SSSR count). The Morgan fingerprint density at radius 1 is 1.00 bits per heavy atom. The molecule has 0 fully saturated rings. The second-order valence-electron chi connectivity index (χ2n) is 10.2. The van der Waals surface area contributed by atoms with Gasteiger partial charge in [0, 0.05) is 12.0 Å². The van der Waals surface area contributed by atoms with Crippen LogP contribution in [0, 0.1) is 5.41 Å². The standard InChI is InChI=1S/C30H26N2O3S/c1-30(2)16-23-26(24(33)17-30)27(19-11-13-21(35-3)14-12-19)32-28(34)25(36-29(32)31-23)15-20-9-6-8-18-7-4-5-10-22(18)20/h4-15,27H,16-17H2,1-3H3. The normalized spacial score (nSPS) is 19.1. The van der Waals surface area contributed by atoms with Crippen molar-refractivity contribution in [3.05, 3.63) is 109 Å². The van der Waals surface area contributed by atoms with Crippen LogP contribution in [0.5, 0.6) is 5.75 Å². The summed E-state index contributed by atoms with van der Waals surface area (Å²) in [6.07, 6.45) is 3.10. The van der Waals surface area contributed by atoms with Gasteiger partial charge < -0.3 is 4.74 Å². The van der Waals surface area contributed by atoms with E-state index < -0.39 is 6.04 Å². The molecule has 0 radical (unpaired) electrons. The Morgan fingerprint density at radius 2 is 1.75 bits per heavy atom. The van der Waals surface area contributed by atoms with Crippen LogP contribution in [0.3, 0.4) is 0 Å². The van der Waals surface area contributed by atoms with Crippen LogP contribution in [-0.2, 0) is 4.79 Å². The Hall–Kier alpha value is -3.77. The molecule has 4 aromatic rings. The van der Waals surface area contributed by atoms with Gasteiger partial charge in [0.25, 0.3) is 5.56 Å². The van der Waals surface area contributed by atoms with Crippen molar-refractivity contribution in [2.24, 2.45) is 10.4 Å². The Balaban J connectivity index is 1.60. The Bertz CT molecular complexity index is 1730. The number of fused-ring (bicyclic) bond motifs is 2. The lowest BCUT2D eigenvalue weighted by atomic mass is 9.73. The average Bonchev–Trinajstić information content (AvgIpc) is 3.17. The van der Waals surface area contributed by atoms with Crippen LogP contribution >= 0.6 is 11.3 Å². The number of methoxy groups -OCH3 is 1. The molecular weight excluding hydrogens is 468 g/mol. The van der Waals surface area contributed by atoms with Crippen molar-refractivity contribution in [1.82, 2.24) is 4.57 Å². The fraction of sp³-hybridized carbons (Fsp3) is 0.233. The third-order valence-corrected chi connectivity index (χ3v) is 8.02. The summed E-state index contributed by atoms with van der Waals surface area (Å²) in [6, 6.07) is 21.4. The first-order valence-electron chi connectivity index (χ1n) is 12.0. The van der Waals surface area contributed by atoms with Gasteiger partial charge in [-0.25, -0.2) is 4.99 Å². The molecule has 2 heterocycles. The average molecular weight is 495 g/mol. The van der Waals surface area contributed by atoms with E-state index in [0.29, 0.717) is 27.7 Å². The predicted molar refractivity (Wildman–Crippen MR) is 143 cm³/mol. The highest BCUT2D eigenvalue weighted by Crippen LogP contribution is 2.43. The number of carbonyl (C=O) groups excluding carboxylic acids is 1. The second-order valence-corrected chi connectivity index (χ2v) is 11.2. The summed E-state index contributed by atoms with van der Waals surface area (Å²) in [5, 5.41) is 2.21. The first-order chi connectivity index (χ1) is 17.3. The lowest BCUT2D eigenvalue weighted by Crippen LogP contribution is -2.42. The van der Waals surface area contributed by atoms with E-state index in [9.17, 15) is 9.59 Å². The third-order valence-electron chi connectivity index (χ3n) is 7.04. The Morgan fingerprint density at radius 3 is 2.53 bits per heavy atom. The van der Waals surface area contributed by atoms with Crippen LogP contribution in [-0.4, -0.2) is 17.5 Å². The molecular formula is C30H26N2O3S. The molecule has 2 aliphatic rings. The first-order valence-corrected chi connectivity index (χ1v) is 12.9. The van der Waals surface area contributed by atoms with Gasteiger partial charge in [-0.15, -0.1) is 0 Å². The number of rotatable bonds is 3. The molecule has 5 nitrogen and oxygen atoms in total. The van der Waals surface area contributed by atoms with Crippen LogP contribution in [0.4, 0.5) is 0 Å². The van der Waals surface area contributed by atoms with Gasteiger partial charge in [0.1, 0.15) is 5.75 Å². The quantitative estimate of drug-likeness (QED) is 0.412. The molecule has 1 aliphatic carbocycles. The number of benzene rings is 3. The Labute approximate surface area is 212 Å². The molecule has 0 saturated heterocycles. The maximum Gasteiger partial charge on any atom is 0.271 e. The summed E-state index contributed by atoms with van der Waals surface area (Å²) < 4.78 is 7.65. The van der Waals surface area contributed by atoms with Crippen molar-refractivity contribution in [1.29, 1.82) is 0 Å². The molecule has 0 bridgehead atoms. The minimum Gasteiger partial charge on any atom is -0.497 e. The first kappa shape index (κ1) is 22.7. The summed E-state index contributed by atoms with van der Waals surface area (Å²) in [4.78, 5) is 32.9. The minimum atomic E-state index is -0.500. The second kappa shape index (κ2) is 8.42. The van der Waals surface area contributed by atoms with Crippen LogP contribution < -0.4 is 19.6 Å². The highest BCUT2D eigenvalue weighted by Gasteiger charge is 2.40. The van der Waals surface area contributed by atoms with Gasteiger partial charge in [0.05, 0.1) is 23.4 Å². The summed E-state index contributed by atoms with van der Waals surface area (Å²) in [5.41, 5.74) is 3.02. The molecule has 1 atom stereocenters. The van der Waals surface area contributed by atoms with Gasteiger partial charge in [-0.3, -0.25) is 14.2 Å². The number of hydrogen-bond donors (Lipinski definition) is 0. The van der Waals surface area contributed by atoms with Crippen molar-refractivity contribution < 1.29 is 9.53 Å². The van der Waals surface area contributed by atoms with Crippen molar-refractivity contribution >= 4 is 34.0 Å². The van der Waals surface area contributed by atoms with Crippen molar-refractivity contribution in [3.8, 4) is 5.75 Å². The van der Waals surface area contributed by atoms with Crippen LogP contribution in [0.25, 0.3) is 16.8 Å². The molecule has 0 spiro atoms. The number of nitrogens with zero attached hydrogens (tertiary/aromatic N) is 2. The van der Waals surface area contributed by atoms with Crippen molar-refractivity contribution in [3.63, 3.8) is 0 Å². The molecule has 0 N–H and O–H groups in total. The lowest BCUT2D eigenvalue weighted by Gasteiger charge is -2.35. The molecule has 180 valence electrons. The number of hydrogen-bond acceptors (Lipinski definition) is 5. The molecule has 6 heteroatoms. The van der Waals surface area contributed by atoms with Crippen molar-refractivity contribution in [2.45, 2.75) is 32.7 Å². The highest BCUT2D eigenvalue weighted by atomic mass is 32.1. The number of thiazole rings is 1. The molecule has 1 unspecified atom stereocenters. The van der Waals surface area contributed by atoms with E-state index in [0.717, 1.165) is 33.3 Å². The highest BCUT2D eigenvalue weighted by molar-refractivity contribution is 7.07. The lowest BCUT2D eigenvalue weighted by molar-refractivity contribution is -0.118. The number of Topliss-reactive ketones (excluding diaryl/α,β-unsaturated/α-hetero) is 1. The fourth-order valence-electron chi connectivity index (χ4n) is 5.37. The van der Waals surface area contributed by atoms with Gasteiger partial charge in [-0.05, 0) is 51.9 Å². The number of allylic oxidation sites excluding steroid dienone is 2. The van der Waals surface area contributed by atoms with E-state index in [1.165, 1.54) is 11.3 Å². The summed E-state index contributed by atoms with van der Waals surface area (Å²) in [6.45, 7) is 4.20. The van der Waals surface area contributed by atoms with Crippen LogP contribution in [0.1, 0.15) is 43.9 Å². The largest absolute Gasteiger partial charge is 0.497 e. The zero-order valence-electron chi connectivity index (χ0n) is 20.4. The van der Waals surface area contributed by atoms with E-state index in [4.69, 9.17) is 9.73 Å². The number of aromatic nitrogens is 1. The zero-order chi connectivity index (χ0) is 25.0. The van der Waals surface area contributed by atoms with Gasteiger partial charge in [-0.2, -0.15) is 0 Å². The maximum absolute atomic E-state index is 13.9. The molecule has 1 aliphatic heterocycles. The predicted octanol–water partition coefficient (Wildman–Crippen LogP) is 4.77. The molecule has 3 aromatic carbocycles. The van der Waals surface area contributed by atoms with E-state index in [-0.39, 0.29) is 16.8 Å². The number of ketones is 1. The molecule has 0 amide bonds. The number of ether oxygens (including phenoxy) is 1. The molecule has 0 saturated carbocycles. The summed E-state index contributed by atoms with van der Waals surface area (Å²) >= 11 is 1.39. The van der Waals surface area contributed by atoms with Crippen LogP contribution in [0.2, 0.25) is 0 Å². The van der Waals surface area contributed by atoms with Crippen LogP contribution in [0.15, 0.2) is 87.8 Å². The third kappa shape index (κ3) is 3.73. The molecule has 36 heavy (non-hydrogen) atoms. The van der Waals surface area contributed by atoms with E-state index in [1.807, 2.05) is 54.6 Å². The summed E-state index contributed by atoms with van der Waals surface area (Å²) in [5.74, 6) is 0.793. The van der Waals surface area contributed by atoms with Gasteiger partial charge in [0.15, 0.2) is 10.6 Å². The van der Waals surface area contributed by atoms with E-state index in [1.54, 1.807) is 11.7 Å². The zero-order valence-corrected chi connectivity index (χ0v) is 21.3. The summed E-state index contributed by atoms with van der Waals surface area (Å²) in [7, 11) is 1.62. The van der Waals surface area contributed by atoms with E-state index in [2.05, 4.69) is 32.0 Å². The van der Waals surface area contributed by atoms with Gasteiger partial charge in [-0.1, -0.05) is 79.8 Å². The number of carbonyl (C=O) groups is 1. The van der Waals surface area contributed by atoms with Gasteiger partial charge in [0.2, 0.25) is 0 Å². The van der Waals surface area contributed by atoms with Crippen molar-refractivity contribution in [2.75, 3.05) is 7.11 Å². The van der Waals surface area contributed by atoms with E-state index >= 15 is 0 Å². The Kier molecular flexibility index (Phi) is 5.30. The van der Waals surface area contributed by atoms with Gasteiger partial charge >= 0.3 is 0 Å².